The summed E-state index contributed by atoms with van der Waals surface area (Å²) < 4.78 is 0. The van der Waals surface area contributed by atoms with E-state index in [4.69, 9.17) is 5.11 Å². The number of hydrogen-bond acceptors (Lipinski definition) is 4. The number of nitrogens with zero attached hydrogens (tertiary/aromatic N) is 1. The minimum absolute atomic E-state index is 0.0806. The summed E-state index contributed by atoms with van der Waals surface area (Å²) in [6.07, 6.45) is 1.50. The normalized spacial score (nSPS) is 10.6. The summed E-state index contributed by atoms with van der Waals surface area (Å²) in [5, 5.41) is 21.6. The number of hydrogen-bond donors (Lipinski definition) is 2. The second-order valence-electron chi connectivity index (χ2n) is 2.46. The van der Waals surface area contributed by atoms with Crippen molar-refractivity contribution in [2.75, 3.05) is 7.11 Å². The standard InChI is InChI=1S/C9H11NO3/c1-13-10-5-7-2-3-9(12)8(4-7)6-11/h2-5,11-12H,6H2,1H3/b10-5+. The van der Waals surface area contributed by atoms with Crippen molar-refractivity contribution < 1.29 is 15.1 Å². The van der Waals surface area contributed by atoms with Gasteiger partial charge in [0, 0.05) is 5.56 Å². The van der Waals surface area contributed by atoms with E-state index in [2.05, 4.69) is 9.99 Å². The number of rotatable bonds is 3. The SMILES string of the molecule is CO/N=C/c1ccc(O)c(CO)c1. The third-order valence-electron chi connectivity index (χ3n) is 1.58. The van der Waals surface area contributed by atoms with Gasteiger partial charge in [0.25, 0.3) is 0 Å². The molecular formula is C9H11NO3. The van der Waals surface area contributed by atoms with E-state index < -0.39 is 0 Å². The van der Waals surface area contributed by atoms with Crippen molar-refractivity contribution in [1.29, 1.82) is 0 Å². The second-order valence-corrected chi connectivity index (χ2v) is 2.46. The highest BCUT2D eigenvalue weighted by Gasteiger charge is 1.99. The Morgan fingerprint density at radius 3 is 2.92 bits per heavy atom. The Balaban J connectivity index is 2.92. The molecule has 0 bridgehead atoms. The van der Waals surface area contributed by atoms with Crippen molar-refractivity contribution in [1.82, 2.24) is 0 Å². The second kappa shape index (κ2) is 4.47. The monoisotopic (exact) mass is 181 g/mol. The van der Waals surface area contributed by atoms with E-state index in [9.17, 15) is 5.11 Å². The zero-order valence-electron chi connectivity index (χ0n) is 7.27. The van der Waals surface area contributed by atoms with Gasteiger partial charge in [-0.1, -0.05) is 5.16 Å². The zero-order valence-corrected chi connectivity index (χ0v) is 7.27. The summed E-state index contributed by atoms with van der Waals surface area (Å²) >= 11 is 0. The van der Waals surface area contributed by atoms with Crippen molar-refractivity contribution >= 4 is 6.21 Å². The average molecular weight is 181 g/mol. The molecule has 0 aromatic heterocycles. The molecule has 0 aliphatic heterocycles. The fourth-order valence-corrected chi connectivity index (χ4v) is 0.926. The number of phenols is 1. The number of aromatic hydroxyl groups is 1. The average Bonchev–Trinajstić information content (AvgIpc) is 2.16. The van der Waals surface area contributed by atoms with Crippen LogP contribution in [0.1, 0.15) is 11.1 Å². The van der Waals surface area contributed by atoms with Crippen LogP contribution in [0.5, 0.6) is 5.75 Å². The molecule has 1 aromatic rings. The molecule has 4 nitrogen and oxygen atoms in total. The Hall–Kier alpha value is -1.55. The van der Waals surface area contributed by atoms with Gasteiger partial charge in [-0.25, -0.2) is 0 Å². The molecule has 0 saturated heterocycles. The summed E-state index contributed by atoms with van der Waals surface area (Å²) in [6, 6.07) is 4.82. The van der Waals surface area contributed by atoms with Crippen LogP contribution in [0.25, 0.3) is 0 Å². The molecule has 70 valence electrons. The van der Waals surface area contributed by atoms with Gasteiger partial charge in [0.05, 0.1) is 12.8 Å². The van der Waals surface area contributed by atoms with Crippen LogP contribution >= 0.6 is 0 Å². The molecular weight excluding hydrogens is 170 g/mol. The number of aliphatic hydroxyl groups is 1. The third kappa shape index (κ3) is 2.45. The van der Waals surface area contributed by atoms with Gasteiger partial charge in [-0.2, -0.15) is 0 Å². The lowest BCUT2D eigenvalue weighted by atomic mass is 10.1. The van der Waals surface area contributed by atoms with Crippen molar-refractivity contribution in [2.24, 2.45) is 5.16 Å². The zero-order chi connectivity index (χ0) is 9.68. The molecule has 0 fully saturated rings. The topological polar surface area (TPSA) is 62.0 Å². The molecule has 0 aliphatic rings. The van der Waals surface area contributed by atoms with E-state index in [0.717, 1.165) is 5.56 Å². The van der Waals surface area contributed by atoms with Crippen molar-refractivity contribution in [3.05, 3.63) is 29.3 Å². The van der Waals surface area contributed by atoms with E-state index in [-0.39, 0.29) is 12.4 Å². The maximum Gasteiger partial charge on any atom is 0.121 e. The highest BCUT2D eigenvalue weighted by atomic mass is 16.6. The van der Waals surface area contributed by atoms with Gasteiger partial charge in [0.1, 0.15) is 12.9 Å². The van der Waals surface area contributed by atoms with Crippen molar-refractivity contribution in [3.8, 4) is 5.75 Å². The molecule has 1 rings (SSSR count). The van der Waals surface area contributed by atoms with Gasteiger partial charge in [-0.05, 0) is 23.8 Å². The highest BCUT2D eigenvalue weighted by molar-refractivity contribution is 5.79. The lowest BCUT2D eigenvalue weighted by molar-refractivity contribution is 0.215. The predicted molar refractivity (Wildman–Crippen MR) is 48.6 cm³/mol. The van der Waals surface area contributed by atoms with Crippen LogP contribution in [0.4, 0.5) is 0 Å². The minimum Gasteiger partial charge on any atom is -0.508 e. The smallest absolute Gasteiger partial charge is 0.121 e. The third-order valence-corrected chi connectivity index (χ3v) is 1.58. The number of benzene rings is 1. The van der Waals surface area contributed by atoms with Crippen LogP contribution in [-0.2, 0) is 11.4 Å². The van der Waals surface area contributed by atoms with Crippen molar-refractivity contribution in [3.63, 3.8) is 0 Å². The Morgan fingerprint density at radius 1 is 1.54 bits per heavy atom. The largest absolute Gasteiger partial charge is 0.508 e. The molecule has 0 unspecified atom stereocenters. The molecule has 4 heteroatoms. The van der Waals surface area contributed by atoms with E-state index >= 15 is 0 Å². The number of oxime groups is 1. The van der Waals surface area contributed by atoms with Gasteiger partial charge in [0.15, 0.2) is 0 Å². The van der Waals surface area contributed by atoms with E-state index in [1.807, 2.05) is 0 Å². The summed E-state index contributed by atoms with van der Waals surface area (Å²) in [5.41, 5.74) is 1.24. The van der Waals surface area contributed by atoms with Crippen LogP contribution in [0.15, 0.2) is 23.4 Å². The summed E-state index contributed by atoms with van der Waals surface area (Å²) in [6.45, 7) is -0.194. The molecule has 13 heavy (non-hydrogen) atoms. The first-order valence-corrected chi connectivity index (χ1v) is 3.77. The first kappa shape index (κ1) is 9.54. The molecule has 0 heterocycles. The quantitative estimate of drug-likeness (QED) is 0.537. The number of aliphatic hydroxyl groups excluding tert-OH is 1. The van der Waals surface area contributed by atoms with E-state index in [1.165, 1.54) is 19.4 Å². The first-order chi connectivity index (χ1) is 6.27. The summed E-state index contributed by atoms with van der Waals surface area (Å²) in [7, 11) is 1.45. The fraction of sp³-hybridized carbons (Fsp3) is 0.222. The fourth-order valence-electron chi connectivity index (χ4n) is 0.926. The van der Waals surface area contributed by atoms with Crippen LogP contribution in [0.2, 0.25) is 0 Å². The van der Waals surface area contributed by atoms with Gasteiger partial charge >= 0.3 is 0 Å². The van der Waals surface area contributed by atoms with Gasteiger partial charge in [-0.15, -0.1) is 0 Å². The molecule has 0 atom stereocenters. The highest BCUT2D eigenvalue weighted by Crippen LogP contribution is 2.17. The van der Waals surface area contributed by atoms with Crippen LogP contribution in [-0.4, -0.2) is 23.5 Å². The van der Waals surface area contributed by atoms with Crippen LogP contribution in [0, 0.1) is 0 Å². The molecule has 0 saturated carbocycles. The Morgan fingerprint density at radius 2 is 2.31 bits per heavy atom. The van der Waals surface area contributed by atoms with Gasteiger partial charge in [0.2, 0.25) is 0 Å². The molecule has 0 aliphatic carbocycles. The Labute approximate surface area is 76.1 Å². The minimum atomic E-state index is -0.194. The van der Waals surface area contributed by atoms with Crippen LogP contribution in [0.3, 0.4) is 0 Å². The maximum absolute atomic E-state index is 9.22. The lowest BCUT2D eigenvalue weighted by Gasteiger charge is -2.01. The first-order valence-electron chi connectivity index (χ1n) is 3.77. The summed E-state index contributed by atoms with van der Waals surface area (Å²) in [5.74, 6) is 0.0806. The molecule has 0 amide bonds. The van der Waals surface area contributed by atoms with Gasteiger partial charge in [-0.3, -0.25) is 0 Å². The predicted octanol–water partition coefficient (Wildman–Crippen LogP) is 0.865. The molecule has 2 N–H and O–H groups in total. The molecule has 0 spiro atoms. The van der Waals surface area contributed by atoms with Gasteiger partial charge < -0.3 is 15.1 Å². The summed E-state index contributed by atoms with van der Waals surface area (Å²) in [4.78, 5) is 4.49. The van der Waals surface area contributed by atoms with E-state index in [1.54, 1.807) is 12.1 Å². The molecule has 0 radical (unpaired) electrons. The molecule has 1 aromatic carbocycles. The van der Waals surface area contributed by atoms with Crippen LogP contribution < -0.4 is 0 Å². The maximum atomic E-state index is 9.22. The Kier molecular flexibility index (Phi) is 3.28. The lowest BCUT2D eigenvalue weighted by Crippen LogP contribution is -1.88. The Bertz CT molecular complexity index is 310. The van der Waals surface area contributed by atoms with E-state index in [0.29, 0.717) is 5.56 Å². The van der Waals surface area contributed by atoms with Crippen molar-refractivity contribution in [2.45, 2.75) is 6.61 Å².